The summed E-state index contributed by atoms with van der Waals surface area (Å²) >= 11 is 0. The lowest BCUT2D eigenvalue weighted by Gasteiger charge is -2.01. The SMILES string of the molecule is NS(=O)(=O)c1ccc(-n2nc(C(=O)O)[nH]c2=O)cc1. The van der Waals surface area contributed by atoms with Crippen molar-refractivity contribution in [2.24, 2.45) is 5.14 Å². The predicted octanol–water partition coefficient (Wildman–Crippen LogP) is -1.09. The van der Waals surface area contributed by atoms with Gasteiger partial charge in [-0.15, -0.1) is 5.10 Å². The highest BCUT2D eigenvalue weighted by atomic mass is 32.2. The van der Waals surface area contributed by atoms with E-state index in [0.29, 0.717) is 0 Å². The van der Waals surface area contributed by atoms with E-state index >= 15 is 0 Å². The number of benzene rings is 1. The molecule has 0 amide bonds. The van der Waals surface area contributed by atoms with Crippen LogP contribution >= 0.6 is 0 Å². The third-order valence-corrected chi connectivity index (χ3v) is 3.16. The molecule has 1 aromatic carbocycles. The van der Waals surface area contributed by atoms with Crippen LogP contribution in [0.15, 0.2) is 34.0 Å². The first kappa shape index (κ1) is 13.0. The molecule has 4 N–H and O–H groups in total. The van der Waals surface area contributed by atoms with E-state index in [1.807, 2.05) is 4.98 Å². The number of hydrogen-bond acceptors (Lipinski definition) is 5. The maximum atomic E-state index is 11.5. The van der Waals surface area contributed by atoms with Crippen LogP contribution in [0.3, 0.4) is 0 Å². The molecule has 10 heteroatoms. The topological polar surface area (TPSA) is 148 Å². The largest absolute Gasteiger partial charge is 0.475 e. The van der Waals surface area contributed by atoms with Gasteiger partial charge >= 0.3 is 11.7 Å². The Balaban J connectivity index is 2.49. The molecule has 0 saturated heterocycles. The van der Waals surface area contributed by atoms with Crippen molar-refractivity contribution < 1.29 is 18.3 Å². The van der Waals surface area contributed by atoms with Gasteiger partial charge in [0.15, 0.2) is 0 Å². The number of aromatic nitrogens is 3. The first-order chi connectivity index (χ1) is 8.79. The number of nitrogens with zero attached hydrogens (tertiary/aromatic N) is 2. The second kappa shape index (κ2) is 4.33. The molecule has 1 aromatic heterocycles. The lowest BCUT2D eigenvalue weighted by molar-refractivity contribution is 0.0683. The van der Waals surface area contributed by atoms with Gasteiger partial charge in [0.1, 0.15) is 0 Å². The smallest absolute Gasteiger partial charge is 0.373 e. The first-order valence-corrected chi connectivity index (χ1v) is 6.39. The number of nitrogens with two attached hydrogens (primary N) is 1. The minimum atomic E-state index is -3.83. The molecule has 0 atom stereocenters. The number of carbonyl (C=O) groups is 1. The van der Waals surface area contributed by atoms with Crippen molar-refractivity contribution in [3.63, 3.8) is 0 Å². The molecule has 100 valence electrons. The molecule has 0 aliphatic heterocycles. The van der Waals surface area contributed by atoms with Gasteiger partial charge in [-0.2, -0.15) is 4.68 Å². The lowest BCUT2D eigenvalue weighted by atomic mass is 10.3. The summed E-state index contributed by atoms with van der Waals surface area (Å²) < 4.78 is 22.9. The van der Waals surface area contributed by atoms with Crippen LogP contribution in [0.5, 0.6) is 0 Å². The highest BCUT2D eigenvalue weighted by molar-refractivity contribution is 7.89. The minimum absolute atomic E-state index is 0.127. The average Bonchev–Trinajstić information content (AvgIpc) is 2.70. The first-order valence-electron chi connectivity index (χ1n) is 4.85. The van der Waals surface area contributed by atoms with Crippen LogP contribution in [-0.4, -0.2) is 34.3 Å². The highest BCUT2D eigenvalue weighted by Crippen LogP contribution is 2.10. The summed E-state index contributed by atoms with van der Waals surface area (Å²) in [6, 6.07) is 4.94. The normalized spacial score (nSPS) is 11.4. The summed E-state index contributed by atoms with van der Waals surface area (Å²) in [6.07, 6.45) is 0. The molecule has 19 heavy (non-hydrogen) atoms. The fourth-order valence-corrected chi connectivity index (χ4v) is 1.89. The molecule has 1 heterocycles. The molecule has 2 aromatic rings. The summed E-state index contributed by atoms with van der Waals surface area (Å²) in [5.74, 6) is -1.89. The van der Waals surface area contributed by atoms with E-state index in [9.17, 15) is 18.0 Å². The van der Waals surface area contributed by atoms with E-state index < -0.39 is 27.5 Å². The van der Waals surface area contributed by atoms with E-state index in [4.69, 9.17) is 10.2 Å². The summed E-state index contributed by atoms with van der Waals surface area (Å²) in [7, 11) is -3.83. The van der Waals surface area contributed by atoms with Crippen LogP contribution in [0.4, 0.5) is 0 Å². The molecule has 0 radical (unpaired) electrons. The Labute approximate surface area is 106 Å². The molecular weight excluding hydrogens is 276 g/mol. The van der Waals surface area contributed by atoms with Gasteiger partial charge in [-0.3, -0.25) is 4.98 Å². The second-order valence-corrected chi connectivity index (χ2v) is 5.10. The molecule has 0 aliphatic carbocycles. The zero-order valence-corrected chi connectivity index (χ0v) is 10.1. The van der Waals surface area contributed by atoms with Crippen LogP contribution in [0.2, 0.25) is 0 Å². The number of carboxylic acids is 1. The summed E-state index contributed by atoms with van der Waals surface area (Å²) in [4.78, 5) is 24.0. The quantitative estimate of drug-likeness (QED) is 0.651. The van der Waals surface area contributed by atoms with Gasteiger partial charge in [0.05, 0.1) is 10.6 Å². The van der Waals surface area contributed by atoms with Crippen LogP contribution in [-0.2, 0) is 10.0 Å². The summed E-state index contributed by atoms with van der Waals surface area (Å²) in [5.41, 5.74) is -0.540. The summed E-state index contributed by atoms with van der Waals surface area (Å²) in [6.45, 7) is 0. The van der Waals surface area contributed by atoms with E-state index in [-0.39, 0.29) is 10.6 Å². The van der Waals surface area contributed by atoms with Gasteiger partial charge in [-0.05, 0) is 24.3 Å². The zero-order chi connectivity index (χ0) is 14.2. The molecule has 0 fully saturated rings. The van der Waals surface area contributed by atoms with Crippen molar-refractivity contribution in [3.8, 4) is 5.69 Å². The molecule has 2 rings (SSSR count). The predicted molar refractivity (Wildman–Crippen MR) is 62.5 cm³/mol. The van der Waals surface area contributed by atoms with Gasteiger partial charge in [0, 0.05) is 0 Å². The van der Waals surface area contributed by atoms with Gasteiger partial charge in [0.2, 0.25) is 15.8 Å². The van der Waals surface area contributed by atoms with E-state index in [0.717, 1.165) is 4.68 Å². The van der Waals surface area contributed by atoms with Gasteiger partial charge in [0.25, 0.3) is 0 Å². The third-order valence-electron chi connectivity index (χ3n) is 2.23. The molecule has 0 saturated carbocycles. The number of aromatic carboxylic acids is 1. The lowest BCUT2D eigenvalue weighted by Crippen LogP contribution is -2.16. The van der Waals surface area contributed by atoms with Crippen LogP contribution < -0.4 is 10.8 Å². The van der Waals surface area contributed by atoms with Gasteiger partial charge in [-0.1, -0.05) is 0 Å². The Bertz CT molecular complexity index is 787. The highest BCUT2D eigenvalue weighted by Gasteiger charge is 2.13. The van der Waals surface area contributed by atoms with Crippen molar-refractivity contribution in [1.82, 2.24) is 14.8 Å². The van der Waals surface area contributed by atoms with Crippen molar-refractivity contribution in [3.05, 3.63) is 40.6 Å². The van der Waals surface area contributed by atoms with Gasteiger partial charge < -0.3 is 5.11 Å². The minimum Gasteiger partial charge on any atom is -0.475 e. The van der Waals surface area contributed by atoms with Crippen molar-refractivity contribution in [2.45, 2.75) is 4.90 Å². The zero-order valence-electron chi connectivity index (χ0n) is 9.27. The monoisotopic (exact) mass is 284 g/mol. The number of rotatable bonds is 3. The number of sulfonamides is 1. The van der Waals surface area contributed by atoms with Crippen LogP contribution in [0, 0.1) is 0 Å². The average molecular weight is 284 g/mol. The Morgan fingerprint density at radius 2 is 1.89 bits per heavy atom. The fourth-order valence-electron chi connectivity index (χ4n) is 1.37. The third kappa shape index (κ3) is 2.53. The number of H-pyrrole nitrogens is 1. The summed E-state index contributed by atoms with van der Waals surface area (Å²) in [5, 5.41) is 17.1. The maximum Gasteiger partial charge on any atom is 0.373 e. The Morgan fingerprint density at radius 3 is 2.32 bits per heavy atom. The van der Waals surface area contributed by atoms with Gasteiger partial charge in [-0.25, -0.2) is 23.1 Å². The Kier molecular flexibility index (Phi) is 2.96. The number of hydrogen-bond donors (Lipinski definition) is 3. The van der Waals surface area contributed by atoms with Crippen molar-refractivity contribution >= 4 is 16.0 Å². The Hall–Kier alpha value is -2.46. The second-order valence-electron chi connectivity index (χ2n) is 3.53. The fraction of sp³-hybridized carbons (Fsp3) is 0. The van der Waals surface area contributed by atoms with E-state index in [2.05, 4.69) is 5.10 Å². The molecule has 0 aliphatic rings. The van der Waals surface area contributed by atoms with E-state index in [1.165, 1.54) is 24.3 Å². The van der Waals surface area contributed by atoms with E-state index in [1.54, 1.807) is 0 Å². The number of carboxylic acid groups (broad SMARTS) is 1. The molecular formula is C9H8N4O5S. The van der Waals surface area contributed by atoms with Crippen LogP contribution in [0.1, 0.15) is 10.6 Å². The van der Waals surface area contributed by atoms with Crippen LogP contribution in [0.25, 0.3) is 5.69 Å². The number of aromatic amines is 1. The molecule has 0 unspecified atom stereocenters. The molecule has 0 spiro atoms. The molecule has 9 nitrogen and oxygen atoms in total. The number of primary sulfonamides is 1. The Morgan fingerprint density at radius 1 is 1.32 bits per heavy atom. The van der Waals surface area contributed by atoms with Crippen molar-refractivity contribution in [1.29, 1.82) is 0 Å². The standard InChI is InChI=1S/C9H8N4O5S/c10-19(17,18)6-3-1-5(2-4-6)13-9(16)11-7(12-13)8(14)15/h1-4H,(H,14,15)(H2,10,17,18)(H,11,12,16). The molecule has 0 bridgehead atoms. The maximum absolute atomic E-state index is 11.5. The van der Waals surface area contributed by atoms with Crippen molar-refractivity contribution in [2.75, 3.05) is 0 Å². The number of nitrogens with one attached hydrogen (secondary N) is 1.